The monoisotopic (exact) mass is 448 g/mol. The van der Waals surface area contributed by atoms with Gasteiger partial charge in [-0.25, -0.2) is 9.59 Å². The third-order valence-corrected chi connectivity index (χ3v) is 9.75. The van der Waals surface area contributed by atoms with E-state index < -0.39 is 44.7 Å². The second kappa shape index (κ2) is 11.5. The molecule has 0 spiro atoms. The molecule has 0 fully saturated rings. The molecule has 0 radical (unpaired) electrons. The number of carboxylic acid groups (broad SMARTS) is 1. The van der Waals surface area contributed by atoms with Crippen molar-refractivity contribution in [2.45, 2.75) is 64.0 Å². The highest BCUT2D eigenvalue weighted by molar-refractivity contribution is 6.87. The molecule has 0 saturated heterocycles. The van der Waals surface area contributed by atoms with E-state index in [2.05, 4.69) is 56.0 Å². The van der Waals surface area contributed by atoms with Crippen LogP contribution in [0.3, 0.4) is 0 Å². The molecule has 1 aromatic carbocycles. The third kappa shape index (κ3) is 8.82. The van der Waals surface area contributed by atoms with Gasteiger partial charge >= 0.3 is 12.1 Å². The van der Waals surface area contributed by atoms with Crippen molar-refractivity contribution in [3.8, 4) is 11.5 Å². The van der Waals surface area contributed by atoms with Crippen molar-refractivity contribution in [1.29, 1.82) is 0 Å². The van der Waals surface area contributed by atoms with E-state index in [4.69, 9.17) is 4.74 Å². The number of aliphatic hydroxyl groups excluding tert-OH is 1. The number of ether oxygens (including phenoxy) is 1. The number of carbonyl (C=O) groups is 3. The van der Waals surface area contributed by atoms with Crippen molar-refractivity contribution >= 4 is 26.0 Å². The van der Waals surface area contributed by atoms with Gasteiger partial charge in [0, 0.05) is 6.42 Å². The quantitative estimate of drug-likeness (QED) is 0.357. The van der Waals surface area contributed by atoms with E-state index in [1.807, 2.05) is 6.07 Å². The summed E-state index contributed by atoms with van der Waals surface area (Å²) in [5, 5.41) is 23.4. The van der Waals surface area contributed by atoms with Crippen molar-refractivity contribution in [1.82, 2.24) is 10.6 Å². The van der Waals surface area contributed by atoms with Gasteiger partial charge in [0.25, 0.3) is 0 Å². The predicted molar refractivity (Wildman–Crippen MR) is 120 cm³/mol. The maximum absolute atomic E-state index is 12.4. The van der Waals surface area contributed by atoms with Gasteiger partial charge in [0.1, 0.15) is 26.8 Å². The van der Waals surface area contributed by atoms with Gasteiger partial charge in [-0.3, -0.25) is 4.79 Å². The summed E-state index contributed by atoms with van der Waals surface area (Å²) in [5.41, 5.74) is 3.96. The van der Waals surface area contributed by atoms with Crippen molar-refractivity contribution in [3.63, 3.8) is 0 Å². The van der Waals surface area contributed by atoms with Crippen LogP contribution in [0.1, 0.15) is 32.8 Å². The molecular formula is C22H32N2O6Si. The van der Waals surface area contributed by atoms with Crippen LogP contribution in [0.25, 0.3) is 0 Å². The lowest BCUT2D eigenvalue weighted by molar-refractivity contribution is -0.142. The summed E-state index contributed by atoms with van der Waals surface area (Å²) in [4.78, 5) is 35.8. The van der Waals surface area contributed by atoms with E-state index in [0.717, 1.165) is 5.56 Å². The molecule has 2 amide bonds. The van der Waals surface area contributed by atoms with Gasteiger partial charge in [-0.05, 0) is 10.6 Å². The van der Waals surface area contributed by atoms with Crippen LogP contribution in [-0.4, -0.2) is 54.9 Å². The summed E-state index contributed by atoms with van der Waals surface area (Å²) in [6.07, 6.45) is -0.980. The molecule has 0 aromatic heterocycles. The first kappa shape index (κ1) is 26.2. The van der Waals surface area contributed by atoms with Gasteiger partial charge in [-0.15, -0.1) is 11.5 Å². The summed E-state index contributed by atoms with van der Waals surface area (Å²) in [6.45, 7) is 9.76. The Kier molecular flexibility index (Phi) is 9.75. The minimum atomic E-state index is -1.91. The van der Waals surface area contributed by atoms with E-state index in [1.54, 1.807) is 24.3 Å². The minimum Gasteiger partial charge on any atom is -0.480 e. The Bertz CT molecular complexity index is 824. The Hall–Kier alpha value is -2.83. The number of alkyl carbamates (subject to hydrolysis) is 1. The lowest BCUT2D eigenvalue weighted by atomic mass is 10.2. The highest BCUT2D eigenvalue weighted by Crippen LogP contribution is 2.35. The van der Waals surface area contributed by atoms with Crippen LogP contribution in [0.5, 0.6) is 0 Å². The Labute approximate surface area is 184 Å². The molecule has 9 heteroatoms. The first-order valence-electron chi connectivity index (χ1n) is 9.98. The molecule has 8 nitrogen and oxygen atoms in total. The molecule has 0 aliphatic heterocycles. The van der Waals surface area contributed by atoms with E-state index >= 15 is 0 Å². The number of aliphatic hydroxyl groups is 1. The number of hydrogen-bond donors (Lipinski definition) is 4. The highest BCUT2D eigenvalue weighted by atomic mass is 28.3. The van der Waals surface area contributed by atoms with Crippen LogP contribution in [0.15, 0.2) is 30.3 Å². The minimum absolute atomic E-state index is 0.00671. The summed E-state index contributed by atoms with van der Waals surface area (Å²) < 4.78 is 5.02. The SMILES string of the molecule is CC(C)(C)[Si](C)(C)C#CC[C@H](NC(=O)[C@H](CO)NC(=O)OCc1ccccc1)C(=O)O. The van der Waals surface area contributed by atoms with E-state index in [0.29, 0.717) is 0 Å². The van der Waals surface area contributed by atoms with Crippen LogP contribution in [0.4, 0.5) is 4.79 Å². The zero-order valence-electron chi connectivity index (χ0n) is 18.7. The smallest absolute Gasteiger partial charge is 0.408 e. The number of carbonyl (C=O) groups excluding carboxylic acids is 2. The molecule has 0 heterocycles. The normalized spacial score (nSPS) is 13.2. The van der Waals surface area contributed by atoms with E-state index in [1.165, 1.54) is 0 Å². The first-order valence-corrected chi connectivity index (χ1v) is 13.0. The zero-order chi connectivity index (χ0) is 23.7. The summed E-state index contributed by atoms with van der Waals surface area (Å²) in [5.74, 6) is 0.815. The molecule has 1 rings (SSSR count). The Morgan fingerprint density at radius 1 is 1.10 bits per heavy atom. The molecule has 0 unspecified atom stereocenters. The van der Waals surface area contributed by atoms with Crippen molar-refractivity contribution < 1.29 is 29.3 Å². The maximum Gasteiger partial charge on any atom is 0.408 e. The molecule has 1 aromatic rings. The number of rotatable bonds is 8. The number of hydrogen-bond acceptors (Lipinski definition) is 5. The standard InChI is InChI=1S/C22H32N2O6Si/c1-22(2,3)31(4,5)13-9-12-17(20(27)28)23-19(26)18(14-25)24-21(29)30-15-16-10-7-6-8-11-16/h6-8,10-11,17-18,25H,12,14-15H2,1-5H3,(H,23,26)(H,24,29)(H,27,28)/t17-,18-/m0/s1. The van der Waals surface area contributed by atoms with Gasteiger partial charge in [-0.1, -0.05) is 64.2 Å². The predicted octanol–water partition coefficient (Wildman–Crippen LogP) is 2.28. The second-order valence-electron chi connectivity index (χ2n) is 8.72. The second-order valence-corrected chi connectivity index (χ2v) is 13.7. The highest BCUT2D eigenvalue weighted by Gasteiger charge is 2.34. The van der Waals surface area contributed by atoms with E-state index in [-0.39, 0.29) is 18.1 Å². The van der Waals surface area contributed by atoms with Crippen LogP contribution in [-0.2, 0) is 20.9 Å². The summed E-state index contributed by atoms with van der Waals surface area (Å²) in [6, 6.07) is 6.34. The Balaban J connectivity index is 2.68. The largest absolute Gasteiger partial charge is 0.480 e. The lowest BCUT2D eigenvalue weighted by Gasteiger charge is -2.31. The number of nitrogens with one attached hydrogen (secondary N) is 2. The average molecular weight is 449 g/mol. The van der Waals surface area contributed by atoms with Gasteiger partial charge in [-0.2, -0.15) is 0 Å². The summed E-state index contributed by atoms with van der Waals surface area (Å²) in [7, 11) is -1.91. The molecule has 170 valence electrons. The number of amides is 2. The molecule has 31 heavy (non-hydrogen) atoms. The fourth-order valence-electron chi connectivity index (χ4n) is 2.14. The molecule has 2 atom stereocenters. The van der Waals surface area contributed by atoms with Crippen molar-refractivity contribution in [3.05, 3.63) is 35.9 Å². The van der Waals surface area contributed by atoms with Gasteiger partial charge in [0.15, 0.2) is 0 Å². The van der Waals surface area contributed by atoms with Gasteiger partial charge < -0.3 is 25.6 Å². The van der Waals surface area contributed by atoms with Gasteiger partial charge in [0.05, 0.1) is 6.61 Å². The van der Waals surface area contributed by atoms with E-state index in [9.17, 15) is 24.6 Å². The maximum atomic E-state index is 12.4. The van der Waals surface area contributed by atoms with Crippen molar-refractivity contribution in [2.75, 3.05) is 6.61 Å². The van der Waals surface area contributed by atoms with Crippen molar-refractivity contribution in [2.24, 2.45) is 0 Å². The molecule has 0 aliphatic carbocycles. The van der Waals surface area contributed by atoms with Crippen LogP contribution in [0.2, 0.25) is 18.1 Å². The number of aliphatic carboxylic acids is 1. The number of benzene rings is 1. The van der Waals surface area contributed by atoms with Crippen LogP contribution < -0.4 is 10.6 Å². The average Bonchev–Trinajstić information content (AvgIpc) is 2.69. The Morgan fingerprint density at radius 3 is 2.23 bits per heavy atom. The zero-order valence-corrected chi connectivity index (χ0v) is 19.7. The molecule has 4 N–H and O–H groups in total. The topological polar surface area (TPSA) is 125 Å². The molecule has 0 aliphatic rings. The fraction of sp³-hybridized carbons (Fsp3) is 0.500. The lowest BCUT2D eigenvalue weighted by Crippen LogP contribution is -2.53. The Morgan fingerprint density at radius 2 is 1.71 bits per heavy atom. The first-order chi connectivity index (χ1) is 14.4. The number of carboxylic acids is 1. The molecule has 0 saturated carbocycles. The fourth-order valence-corrected chi connectivity index (χ4v) is 3.05. The van der Waals surface area contributed by atoms with Gasteiger partial charge in [0.2, 0.25) is 5.91 Å². The van der Waals surface area contributed by atoms with Crippen LogP contribution >= 0.6 is 0 Å². The third-order valence-electron chi connectivity index (χ3n) is 5.20. The summed E-state index contributed by atoms with van der Waals surface area (Å²) >= 11 is 0. The molecule has 0 bridgehead atoms. The van der Waals surface area contributed by atoms with Crippen LogP contribution in [0, 0.1) is 11.5 Å². The molecular weight excluding hydrogens is 416 g/mol.